The van der Waals surface area contributed by atoms with Crippen molar-refractivity contribution in [3.63, 3.8) is 0 Å². The van der Waals surface area contributed by atoms with Crippen molar-refractivity contribution in [1.29, 1.82) is 5.26 Å². The first-order chi connectivity index (χ1) is 19.9. The van der Waals surface area contributed by atoms with Crippen LogP contribution in [0, 0.1) is 11.3 Å². The number of piperidine rings is 1. The number of hydrogen-bond acceptors (Lipinski definition) is 8. The Morgan fingerprint density at radius 3 is 2.61 bits per heavy atom. The van der Waals surface area contributed by atoms with E-state index in [0.717, 1.165) is 54.1 Å². The molecule has 0 aromatic carbocycles. The van der Waals surface area contributed by atoms with Crippen LogP contribution in [0.5, 0.6) is 5.88 Å². The van der Waals surface area contributed by atoms with E-state index in [4.69, 9.17) is 14.5 Å². The lowest BCUT2D eigenvalue weighted by Gasteiger charge is -2.56. The second kappa shape index (κ2) is 9.98. The predicted molar refractivity (Wildman–Crippen MR) is 157 cm³/mol. The third-order valence-electron chi connectivity index (χ3n) is 8.62. The molecule has 2 atom stereocenters. The summed E-state index contributed by atoms with van der Waals surface area (Å²) in [5.41, 5.74) is 6.60. The summed E-state index contributed by atoms with van der Waals surface area (Å²) in [6.07, 6.45) is 11.7. The highest BCUT2D eigenvalue weighted by atomic mass is 16.5. The number of aromatic nitrogens is 4. The summed E-state index contributed by atoms with van der Waals surface area (Å²) < 4.78 is 12.9. The van der Waals surface area contributed by atoms with Gasteiger partial charge < -0.3 is 14.4 Å². The molecule has 0 radical (unpaired) electrons. The van der Waals surface area contributed by atoms with Crippen LogP contribution in [-0.2, 0) is 11.3 Å². The van der Waals surface area contributed by atoms with Crippen LogP contribution in [0.4, 0.5) is 5.82 Å². The van der Waals surface area contributed by atoms with Gasteiger partial charge in [-0.15, -0.1) is 0 Å². The van der Waals surface area contributed by atoms with Crippen LogP contribution in [-0.4, -0.2) is 69.0 Å². The third-order valence-corrected chi connectivity index (χ3v) is 8.62. The Hall–Kier alpha value is -4.26. The van der Waals surface area contributed by atoms with Crippen LogP contribution >= 0.6 is 0 Å². The molecule has 41 heavy (non-hydrogen) atoms. The highest BCUT2D eigenvalue weighted by molar-refractivity contribution is 5.87. The number of methoxy groups -OCH3 is 1. The van der Waals surface area contributed by atoms with Crippen LogP contribution < -0.4 is 9.64 Å². The molecule has 0 amide bonds. The number of pyridine rings is 3. The summed E-state index contributed by atoms with van der Waals surface area (Å²) in [4.78, 5) is 14.2. The highest BCUT2D eigenvalue weighted by Crippen LogP contribution is 2.38. The van der Waals surface area contributed by atoms with Crippen molar-refractivity contribution >= 4 is 16.9 Å². The second-order valence-electron chi connectivity index (χ2n) is 11.8. The lowest BCUT2D eigenvalue weighted by molar-refractivity contribution is -0.00877. The number of anilines is 1. The number of fused-ring (bicyclic) bond motifs is 3. The molecule has 0 saturated carbocycles. The Morgan fingerprint density at radius 1 is 1.07 bits per heavy atom. The molecule has 3 saturated heterocycles. The van der Waals surface area contributed by atoms with E-state index >= 15 is 0 Å². The van der Waals surface area contributed by atoms with Crippen molar-refractivity contribution in [3.8, 4) is 23.1 Å². The minimum atomic E-state index is -0.222. The van der Waals surface area contributed by atoms with Gasteiger partial charge in [-0.1, -0.05) is 12.1 Å². The maximum Gasteiger partial charge on any atom is 0.212 e. The second-order valence-corrected chi connectivity index (χ2v) is 11.8. The van der Waals surface area contributed by atoms with Crippen molar-refractivity contribution in [2.75, 3.05) is 31.7 Å². The molecule has 8 heterocycles. The van der Waals surface area contributed by atoms with Gasteiger partial charge in [0.15, 0.2) is 0 Å². The summed E-state index contributed by atoms with van der Waals surface area (Å²) in [7, 11) is 1.64. The standard InChI is InChI=1S/C32H33N7O2/c1-32(2)12-22(8-9-41-32)24-10-28(31-25(13-33)16-36-39(31)18-24)23-5-6-29(34-15-23)37-19-26-11-27(20-37)38(26)17-21-4-7-30(40-3)35-14-21/h4-8,10,14-16,18,26-27H,9,11-12,17,19-20H2,1-3H3. The monoisotopic (exact) mass is 547 g/mol. The zero-order valence-corrected chi connectivity index (χ0v) is 23.6. The minimum Gasteiger partial charge on any atom is -0.481 e. The minimum absolute atomic E-state index is 0.222. The molecule has 0 spiro atoms. The van der Waals surface area contributed by atoms with Gasteiger partial charge in [-0.2, -0.15) is 10.4 Å². The summed E-state index contributed by atoms with van der Waals surface area (Å²) in [6, 6.07) is 13.8. The van der Waals surface area contributed by atoms with E-state index in [1.54, 1.807) is 13.3 Å². The quantitative estimate of drug-likeness (QED) is 0.343. The molecule has 0 N–H and O–H groups in total. The average Bonchev–Trinajstić information content (AvgIpc) is 3.42. The highest BCUT2D eigenvalue weighted by Gasteiger charge is 2.44. The topological polar surface area (TPSA) is 91.8 Å². The summed E-state index contributed by atoms with van der Waals surface area (Å²) in [6.45, 7) is 7.64. The lowest BCUT2D eigenvalue weighted by Crippen LogP contribution is -2.68. The summed E-state index contributed by atoms with van der Waals surface area (Å²) in [5.74, 6) is 1.64. The largest absolute Gasteiger partial charge is 0.481 e. The van der Waals surface area contributed by atoms with Gasteiger partial charge in [-0.3, -0.25) is 4.90 Å². The van der Waals surface area contributed by atoms with Crippen LogP contribution in [0.3, 0.4) is 0 Å². The van der Waals surface area contributed by atoms with Crippen LogP contribution in [0.2, 0.25) is 0 Å². The van der Waals surface area contributed by atoms with Gasteiger partial charge >= 0.3 is 0 Å². The normalized spacial score (nSPS) is 21.7. The molecule has 4 aromatic heterocycles. The number of rotatable bonds is 6. The van der Waals surface area contributed by atoms with Gasteiger partial charge in [0, 0.05) is 73.9 Å². The molecule has 9 nitrogen and oxygen atoms in total. The molecule has 3 fully saturated rings. The number of hydrogen-bond donors (Lipinski definition) is 0. The number of nitriles is 1. The zero-order valence-electron chi connectivity index (χ0n) is 23.6. The molecule has 4 aliphatic rings. The Labute approximate surface area is 239 Å². The lowest BCUT2D eigenvalue weighted by atomic mass is 9.87. The predicted octanol–water partition coefficient (Wildman–Crippen LogP) is 4.72. The average molecular weight is 548 g/mol. The van der Waals surface area contributed by atoms with Crippen LogP contribution in [0.15, 0.2) is 61.2 Å². The van der Waals surface area contributed by atoms with E-state index in [2.05, 4.69) is 70.1 Å². The third kappa shape index (κ3) is 4.73. The maximum atomic E-state index is 9.80. The molecule has 2 unspecified atom stereocenters. The van der Waals surface area contributed by atoms with Crippen molar-refractivity contribution in [2.45, 2.75) is 50.9 Å². The molecule has 208 valence electrons. The first kappa shape index (κ1) is 25.7. The van der Waals surface area contributed by atoms with Gasteiger partial charge in [0.1, 0.15) is 11.9 Å². The van der Waals surface area contributed by atoms with Gasteiger partial charge in [-0.25, -0.2) is 14.5 Å². The van der Waals surface area contributed by atoms with Gasteiger partial charge in [-0.05, 0) is 55.2 Å². The van der Waals surface area contributed by atoms with Crippen molar-refractivity contribution in [2.24, 2.45) is 0 Å². The maximum absolute atomic E-state index is 9.80. The fraction of sp³-hybridized carbons (Fsp3) is 0.375. The van der Waals surface area contributed by atoms with Crippen molar-refractivity contribution in [3.05, 3.63) is 77.9 Å². The molecular weight excluding hydrogens is 514 g/mol. The van der Waals surface area contributed by atoms with E-state index < -0.39 is 0 Å². The van der Waals surface area contributed by atoms with Gasteiger partial charge in [0.2, 0.25) is 5.88 Å². The molecule has 4 aromatic rings. The molecule has 8 rings (SSSR count). The molecule has 2 bridgehead atoms. The summed E-state index contributed by atoms with van der Waals surface area (Å²) >= 11 is 0. The number of piperazine rings is 1. The van der Waals surface area contributed by atoms with Crippen LogP contribution in [0.25, 0.3) is 22.2 Å². The summed E-state index contributed by atoms with van der Waals surface area (Å²) in [5, 5.41) is 14.3. The fourth-order valence-electron chi connectivity index (χ4n) is 6.47. The first-order valence-corrected chi connectivity index (χ1v) is 14.1. The SMILES string of the molecule is COc1ccc(CN2C3CC2CN(c2ccc(-c4cc(C5=CCOC(C)(C)C5)cn5ncc(C#N)c45)cn2)C3)cn1. The Balaban J connectivity index is 1.12. The van der Waals surface area contributed by atoms with E-state index in [0.29, 0.717) is 30.1 Å². The fourth-order valence-corrected chi connectivity index (χ4v) is 6.47. The van der Waals surface area contributed by atoms with Crippen LogP contribution in [0.1, 0.15) is 43.4 Å². The van der Waals surface area contributed by atoms with Gasteiger partial charge in [0.05, 0.1) is 36.6 Å². The Morgan fingerprint density at radius 2 is 1.93 bits per heavy atom. The van der Waals surface area contributed by atoms with E-state index in [-0.39, 0.29) is 5.60 Å². The molecule has 4 aliphatic heterocycles. The van der Waals surface area contributed by atoms with Crippen molar-refractivity contribution in [1.82, 2.24) is 24.5 Å². The molecular formula is C32H33N7O2. The smallest absolute Gasteiger partial charge is 0.212 e. The van der Waals surface area contributed by atoms with E-state index in [9.17, 15) is 5.26 Å². The number of ether oxygens (including phenoxy) is 2. The Kier molecular flexibility index (Phi) is 6.25. The Bertz CT molecular complexity index is 1660. The van der Waals surface area contributed by atoms with E-state index in [1.165, 1.54) is 17.6 Å². The number of nitrogens with zero attached hydrogens (tertiary/aromatic N) is 7. The molecule has 9 heteroatoms. The van der Waals surface area contributed by atoms with Crippen molar-refractivity contribution < 1.29 is 9.47 Å². The zero-order chi connectivity index (χ0) is 28.1. The molecule has 0 aliphatic carbocycles. The van der Waals surface area contributed by atoms with E-state index in [1.807, 2.05) is 29.2 Å². The first-order valence-electron chi connectivity index (χ1n) is 14.1. The van der Waals surface area contributed by atoms with Gasteiger partial charge in [0.25, 0.3) is 0 Å².